The zero-order valence-corrected chi connectivity index (χ0v) is 26.1. The molecule has 3 heteroatoms. The quantitative estimate of drug-likeness (QED) is 0.156. The van der Waals surface area contributed by atoms with Gasteiger partial charge in [0.05, 0.1) is 5.41 Å². The fourth-order valence-electron chi connectivity index (χ4n) is 6.43. The fourth-order valence-corrected chi connectivity index (χ4v) is 6.43. The number of fused-ring (bicyclic) bond motifs is 2. The number of benzene rings is 2. The molecule has 0 saturated heterocycles. The van der Waals surface area contributed by atoms with Gasteiger partial charge in [-0.05, 0) is 69.8 Å². The minimum Gasteiger partial charge on any atom is -0.344 e. The van der Waals surface area contributed by atoms with E-state index in [1.807, 2.05) is 0 Å². The Balaban J connectivity index is 1.39. The smallest absolute Gasteiger partial charge is 0.209 e. The van der Waals surface area contributed by atoms with Crippen LogP contribution in [0.1, 0.15) is 84.8 Å². The number of nitrogens with one attached hydrogen (secondary N) is 1. The second-order valence-corrected chi connectivity index (χ2v) is 13.0. The Labute approximate surface area is 244 Å². The summed E-state index contributed by atoms with van der Waals surface area (Å²) in [6, 6.07) is 17.7. The number of rotatable bonds is 13. The summed E-state index contributed by atoms with van der Waals surface area (Å²) in [6.45, 7) is 17.3. The van der Waals surface area contributed by atoms with Crippen LogP contribution < -0.4 is 10.2 Å². The highest BCUT2D eigenvalue weighted by Crippen LogP contribution is 2.47. The largest absolute Gasteiger partial charge is 0.344 e. The third kappa shape index (κ3) is 6.52. The Morgan fingerprint density at radius 1 is 0.800 bits per heavy atom. The lowest BCUT2D eigenvalue weighted by molar-refractivity contribution is -0.401. The molecule has 40 heavy (non-hydrogen) atoms. The maximum Gasteiger partial charge on any atom is 0.209 e. The van der Waals surface area contributed by atoms with Gasteiger partial charge in [0.15, 0.2) is 5.71 Å². The highest BCUT2D eigenvalue weighted by molar-refractivity contribution is 6.03. The first-order valence-electron chi connectivity index (χ1n) is 15.5. The van der Waals surface area contributed by atoms with Crippen molar-refractivity contribution in [2.24, 2.45) is 5.92 Å². The van der Waals surface area contributed by atoms with E-state index in [4.69, 9.17) is 0 Å². The van der Waals surface area contributed by atoms with E-state index < -0.39 is 0 Å². The molecule has 0 amide bonds. The van der Waals surface area contributed by atoms with Crippen molar-refractivity contribution in [1.82, 2.24) is 5.32 Å². The molecule has 2 aromatic carbocycles. The molecule has 0 atom stereocenters. The molecule has 0 unspecified atom stereocenters. The molecule has 0 saturated carbocycles. The number of anilines is 1. The van der Waals surface area contributed by atoms with Gasteiger partial charge in [0.25, 0.3) is 0 Å². The van der Waals surface area contributed by atoms with Crippen LogP contribution in [0, 0.1) is 5.92 Å². The van der Waals surface area contributed by atoms with Crippen molar-refractivity contribution in [3.63, 3.8) is 0 Å². The zero-order valence-electron chi connectivity index (χ0n) is 26.1. The lowest BCUT2D eigenvalue weighted by atomic mass is 9.81. The van der Waals surface area contributed by atoms with Crippen LogP contribution in [0.4, 0.5) is 11.4 Å². The molecular weight excluding hydrogens is 486 g/mol. The molecule has 0 bridgehead atoms. The summed E-state index contributed by atoms with van der Waals surface area (Å²) in [7, 11) is 2.18. The van der Waals surface area contributed by atoms with E-state index >= 15 is 0 Å². The summed E-state index contributed by atoms with van der Waals surface area (Å²) in [5.74, 6) is 0.783. The SMILES string of the molecule is CC(C)CCNCCCCCCN1\C(=C/C=C/C=C/C2=[N+](C)c3ccccc3C2(C)C)C(C)(C)c2ccccc21. The Morgan fingerprint density at radius 2 is 1.50 bits per heavy atom. The summed E-state index contributed by atoms with van der Waals surface area (Å²) in [5.41, 5.74) is 8.24. The summed E-state index contributed by atoms with van der Waals surface area (Å²) < 4.78 is 2.33. The number of para-hydroxylation sites is 2. The van der Waals surface area contributed by atoms with Crippen molar-refractivity contribution in [2.75, 3.05) is 31.6 Å². The van der Waals surface area contributed by atoms with Crippen LogP contribution in [-0.4, -0.2) is 37.0 Å². The maximum atomic E-state index is 3.61. The van der Waals surface area contributed by atoms with Gasteiger partial charge in [-0.1, -0.05) is 95.2 Å². The molecule has 0 aliphatic carbocycles. The molecule has 2 aliphatic heterocycles. The van der Waals surface area contributed by atoms with Gasteiger partial charge in [-0.25, -0.2) is 0 Å². The molecule has 1 N–H and O–H groups in total. The van der Waals surface area contributed by atoms with Gasteiger partial charge >= 0.3 is 0 Å². The zero-order chi connectivity index (χ0) is 28.8. The highest BCUT2D eigenvalue weighted by Gasteiger charge is 2.42. The summed E-state index contributed by atoms with van der Waals surface area (Å²) in [4.78, 5) is 2.57. The Bertz CT molecular complexity index is 1270. The molecular formula is C37H52N3+. The monoisotopic (exact) mass is 538 g/mol. The van der Waals surface area contributed by atoms with Gasteiger partial charge in [0, 0.05) is 41.1 Å². The van der Waals surface area contributed by atoms with Gasteiger partial charge in [0.1, 0.15) is 7.05 Å². The standard InChI is InChI=1S/C37H52N3/c1-29(2)25-27-38-26-17-8-9-18-28-40-33-22-16-14-20-31(33)37(5,6)35(40)24-12-10-11-23-34-36(3,4)30-19-13-15-21-32(30)39(34)7/h10-16,19-24,29,38H,8-9,17-18,25-28H2,1-7H3/q+1. The van der Waals surface area contributed by atoms with Crippen molar-refractivity contribution >= 4 is 17.1 Å². The predicted molar refractivity (Wildman–Crippen MR) is 174 cm³/mol. The van der Waals surface area contributed by atoms with Crippen molar-refractivity contribution in [3.05, 3.63) is 95.7 Å². The number of hydrogen-bond donors (Lipinski definition) is 1. The van der Waals surface area contributed by atoms with E-state index in [0.29, 0.717) is 0 Å². The van der Waals surface area contributed by atoms with E-state index in [2.05, 4.69) is 142 Å². The second-order valence-electron chi connectivity index (χ2n) is 13.0. The molecule has 2 aromatic rings. The van der Waals surface area contributed by atoms with E-state index in [1.54, 1.807) is 0 Å². The van der Waals surface area contributed by atoms with E-state index in [1.165, 1.54) is 66.0 Å². The van der Waals surface area contributed by atoms with E-state index in [9.17, 15) is 0 Å². The molecule has 0 spiro atoms. The van der Waals surface area contributed by atoms with Crippen molar-refractivity contribution in [3.8, 4) is 0 Å². The Morgan fingerprint density at radius 3 is 2.25 bits per heavy atom. The lowest BCUT2D eigenvalue weighted by Crippen LogP contribution is -2.27. The summed E-state index contributed by atoms with van der Waals surface area (Å²) in [5, 5.41) is 3.61. The van der Waals surface area contributed by atoms with Gasteiger partial charge in [-0.15, -0.1) is 0 Å². The topological polar surface area (TPSA) is 18.3 Å². The lowest BCUT2D eigenvalue weighted by Gasteiger charge is -2.27. The Kier molecular flexibility index (Phi) is 9.90. The highest BCUT2D eigenvalue weighted by atomic mass is 15.2. The first kappa shape index (κ1) is 30.1. The minimum atomic E-state index is -0.00492. The van der Waals surface area contributed by atoms with Crippen LogP contribution >= 0.6 is 0 Å². The second kappa shape index (κ2) is 13.2. The minimum absolute atomic E-state index is 0.00415. The normalized spacial score (nSPS) is 18.6. The average molecular weight is 539 g/mol. The predicted octanol–water partition coefficient (Wildman–Crippen LogP) is 8.68. The van der Waals surface area contributed by atoms with Crippen molar-refractivity contribution in [2.45, 2.75) is 84.5 Å². The summed E-state index contributed by atoms with van der Waals surface area (Å²) >= 11 is 0. The van der Waals surface area contributed by atoms with Crippen LogP contribution in [0.15, 0.2) is 84.6 Å². The molecule has 0 fully saturated rings. The summed E-state index contributed by atoms with van der Waals surface area (Å²) in [6.07, 6.45) is 17.6. The molecule has 2 aliphatic rings. The first-order chi connectivity index (χ1) is 19.2. The molecule has 4 rings (SSSR count). The maximum absolute atomic E-state index is 3.61. The van der Waals surface area contributed by atoms with E-state index in [0.717, 1.165) is 25.6 Å². The third-order valence-electron chi connectivity index (χ3n) is 8.85. The fraction of sp³-hybridized carbons (Fsp3) is 0.486. The van der Waals surface area contributed by atoms with Crippen LogP contribution in [0.2, 0.25) is 0 Å². The van der Waals surface area contributed by atoms with Crippen LogP contribution in [0.25, 0.3) is 0 Å². The van der Waals surface area contributed by atoms with Crippen LogP contribution in [0.3, 0.4) is 0 Å². The van der Waals surface area contributed by atoms with Gasteiger partial charge in [0.2, 0.25) is 5.69 Å². The number of hydrogen-bond acceptors (Lipinski definition) is 2. The molecule has 3 nitrogen and oxygen atoms in total. The first-order valence-corrected chi connectivity index (χ1v) is 15.5. The van der Waals surface area contributed by atoms with Gasteiger partial charge in [-0.3, -0.25) is 0 Å². The molecule has 214 valence electrons. The van der Waals surface area contributed by atoms with Crippen LogP contribution in [-0.2, 0) is 10.8 Å². The molecule has 2 heterocycles. The number of allylic oxidation sites excluding steroid dienone is 6. The average Bonchev–Trinajstić information content (AvgIpc) is 3.26. The number of nitrogens with zero attached hydrogens (tertiary/aromatic N) is 2. The third-order valence-corrected chi connectivity index (χ3v) is 8.85. The van der Waals surface area contributed by atoms with Crippen molar-refractivity contribution in [1.29, 1.82) is 0 Å². The number of unbranched alkanes of at least 4 members (excludes halogenated alkanes) is 3. The Hall–Kier alpha value is -2.91. The van der Waals surface area contributed by atoms with Crippen molar-refractivity contribution < 1.29 is 4.58 Å². The molecule has 0 radical (unpaired) electrons. The van der Waals surface area contributed by atoms with Gasteiger partial charge < -0.3 is 10.2 Å². The van der Waals surface area contributed by atoms with E-state index in [-0.39, 0.29) is 10.8 Å². The van der Waals surface area contributed by atoms with Crippen LogP contribution in [0.5, 0.6) is 0 Å². The molecule has 0 aromatic heterocycles. The van der Waals surface area contributed by atoms with Gasteiger partial charge in [-0.2, -0.15) is 4.58 Å².